The molecule has 0 aliphatic heterocycles. The summed E-state index contributed by atoms with van der Waals surface area (Å²) in [6, 6.07) is 1.61. The van der Waals surface area contributed by atoms with Crippen LogP contribution in [0.4, 0.5) is 0 Å². The zero-order chi connectivity index (χ0) is 15.6. The Morgan fingerprint density at radius 2 is 2.05 bits per heavy atom. The smallest absolute Gasteiger partial charge is 0.304 e. The minimum atomic E-state index is -3.59. The van der Waals surface area contributed by atoms with Crippen LogP contribution < -0.4 is 0 Å². The van der Waals surface area contributed by atoms with E-state index in [1.54, 1.807) is 6.07 Å². The zero-order valence-corrected chi connectivity index (χ0v) is 12.9. The summed E-state index contributed by atoms with van der Waals surface area (Å²) in [4.78, 5) is 10.5. The van der Waals surface area contributed by atoms with E-state index >= 15 is 0 Å². The Hall–Kier alpha value is -1.41. The van der Waals surface area contributed by atoms with E-state index in [4.69, 9.17) is 9.63 Å². The lowest BCUT2D eigenvalue weighted by Gasteiger charge is -2.15. The fourth-order valence-corrected chi connectivity index (χ4v) is 2.52. The van der Waals surface area contributed by atoms with Crippen molar-refractivity contribution in [3.63, 3.8) is 0 Å². The lowest BCUT2D eigenvalue weighted by atomic mass is 9.93. The molecule has 114 valence electrons. The van der Waals surface area contributed by atoms with E-state index in [2.05, 4.69) is 5.16 Å². The molecular formula is C12H20N2O5S. The molecule has 0 radical (unpaired) electrons. The molecule has 0 amide bonds. The largest absolute Gasteiger partial charge is 0.481 e. The Balaban J connectivity index is 2.76. The molecule has 0 saturated heterocycles. The van der Waals surface area contributed by atoms with Gasteiger partial charge < -0.3 is 9.63 Å². The topological polar surface area (TPSA) is 101 Å². The highest BCUT2D eigenvalue weighted by Gasteiger charge is 2.24. The monoisotopic (exact) mass is 304 g/mol. The first-order valence-corrected chi connectivity index (χ1v) is 7.75. The molecule has 1 N–H and O–H groups in total. The first-order valence-electron chi connectivity index (χ1n) is 6.14. The third-order valence-corrected chi connectivity index (χ3v) is 4.54. The van der Waals surface area contributed by atoms with Crippen molar-refractivity contribution in [3.05, 3.63) is 17.5 Å². The van der Waals surface area contributed by atoms with Gasteiger partial charge in [-0.2, -0.15) is 0 Å². The predicted molar refractivity (Wildman–Crippen MR) is 72.7 cm³/mol. The van der Waals surface area contributed by atoms with Crippen LogP contribution in [0.5, 0.6) is 0 Å². The van der Waals surface area contributed by atoms with Crippen LogP contribution in [-0.4, -0.2) is 42.5 Å². The van der Waals surface area contributed by atoms with Crippen LogP contribution in [0.15, 0.2) is 10.6 Å². The van der Waals surface area contributed by atoms with Crippen LogP contribution in [0.2, 0.25) is 0 Å². The van der Waals surface area contributed by atoms with Gasteiger partial charge >= 0.3 is 5.97 Å². The highest BCUT2D eigenvalue weighted by atomic mass is 32.2. The maximum Gasteiger partial charge on any atom is 0.304 e. The Kier molecular flexibility index (Phi) is 4.93. The maximum atomic E-state index is 12.0. The van der Waals surface area contributed by atoms with Gasteiger partial charge in [0.2, 0.25) is 10.0 Å². The van der Waals surface area contributed by atoms with Gasteiger partial charge in [-0.1, -0.05) is 25.9 Å². The number of carbonyl (C=O) groups is 1. The van der Waals surface area contributed by atoms with Crippen LogP contribution in [0, 0.1) is 0 Å². The van der Waals surface area contributed by atoms with Crippen molar-refractivity contribution in [2.45, 2.75) is 38.4 Å². The van der Waals surface area contributed by atoms with Gasteiger partial charge in [-0.3, -0.25) is 4.79 Å². The third-order valence-electron chi connectivity index (χ3n) is 2.74. The standard InChI is InChI=1S/C12H20N2O5S/c1-12(2,3)10-7-9(13-19-10)8-20(17,18)14(4)6-5-11(15)16/h7H,5-6,8H2,1-4H3,(H,15,16). The molecule has 0 unspecified atom stereocenters. The van der Waals surface area contributed by atoms with Crippen molar-refractivity contribution >= 4 is 16.0 Å². The van der Waals surface area contributed by atoms with Crippen LogP contribution in [0.3, 0.4) is 0 Å². The van der Waals surface area contributed by atoms with Crippen molar-refractivity contribution in [1.82, 2.24) is 9.46 Å². The molecule has 0 aliphatic rings. The molecule has 20 heavy (non-hydrogen) atoms. The first-order chi connectivity index (χ1) is 9.02. The Labute approximate surface area is 118 Å². The molecule has 0 atom stereocenters. The number of carboxylic acid groups (broad SMARTS) is 1. The molecule has 0 aliphatic carbocycles. The second-order valence-corrected chi connectivity index (χ2v) is 7.73. The molecule has 1 rings (SSSR count). The third kappa shape index (κ3) is 4.61. The highest BCUT2D eigenvalue weighted by Crippen LogP contribution is 2.23. The second-order valence-electron chi connectivity index (χ2n) is 5.65. The molecule has 0 spiro atoms. The summed E-state index contributed by atoms with van der Waals surface area (Å²) in [7, 11) is -2.24. The summed E-state index contributed by atoms with van der Waals surface area (Å²) in [5.41, 5.74) is 0.0709. The SMILES string of the molecule is CN(CCC(=O)O)S(=O)(=O)Cc1cc(C(C)(C)C)on1. The van der Waals surface area contributed by atoms with Gasteiger partial charge in [0.1, 0.15) is 17.2 Å². The van der Waals surface area contributed by atoms with Gasteiger partial charge in [-0.05, 0) is 0 Å². The Bertz CT molecular complexity index is 571. The van der Waals surface area contributed by atoms with Crippen molar-refractivity contribution < 1.29 is 22.8 Å². The fourth-order valence-electron chi connectivity index (χ4n) is 1.42. The van der Waals surface area contributed by atoms with Gasteiger partial charge in [-0.25, -0.2) is 12.7 Å². The molecule has 0 aromatic carbocycles. The van der Waals surface area contributed by atoms with E-state index in [9.17, 15) is 13.2 Å². The Morgan fingerprint density at radius 3 is 2.50 bits per heavy atom. The molecule has 0 fully saturated rings. The summed E-state index contributed by atoms with van der Waals surface area (Å²) in [5, 5.41) is 12.3. The quantitative estimate of drug-likeness (QED) is 0.847. The molecule has 1 heterocycles. The summed E-state index contributed by atoms with van der Waals surface area (Å²) in [6.07, 6.45) is -0.234. The molecule has 0 saturated carbocycles. The number of nitrogens with zero attached hydrogens (tertiary/aromatic N) is 2. The van der Waals surface area contributed by atoms with E-state index in [-0.39, 0.29) is 24.1 Å². The van der Waals surface area contributed by atoms with Crippen LogP contribution in [0.25, 0.3) is 0 Å². The van der Waals surface area contributed by atoms with Gasteiger partial charge in [0.05, 0.1) is 6.42 Å². The van der Waals surface area contributed by atoms with Gasteiger partial charge in [-0.15, -0.1) is 0 Å². The van der Waals surface area contributed by atoms with Crippen molar-refractivity contribution in [2.24, 2.45) is 0 Å². The number of carboxylic acids is 1. The average Bonchev–Trinajstić information content (AvgIpc) is 2.72. The van der Waals surface area contributed by atoms with E-state index in [1.807, 2.05) is 20.8 Å². The van der Waals surface area contributed by atoms with Crippen LogP contribution in [-0.2, 0) is 26.0 Å². The number of aromatic nitrogens is 1. The lowest BCUT2D eigenvalue weighted by Crippen LogP contribution is -2.30. The molecule has 0 bridgehead atoms. The maximum absolute atomic E-state index is 12.0. The summed E-state index contributed by atoms with van der Waals surface area (Å²) >= 11 is 0. The van der Waals surface area contributed by atoms with Gasteiger partial charge in [0, 0.05) is 25.1 Å². The van der Waals surface area contributed by atoms with E-state index in [0.29, 0.717) is 11.5 Å². The average molecular weight is 304 g/mol. The zero-order valence-electron chi connectivity index (χ0n) is 12.1. The first kappa shape index (κ1) is 16.6. The van der Waals surface area contributed by atoms with Gasteiger partial charge in [0.15, 0.2) is 0 Å². The van der Waals surface area contributed by atoms with Crippen LogP contribution >= 0.6 is 0 Å². The predicted octanol–water partition coefficient (Wildman–Crippen LogP) is 1.21. The van der Waals surface area contributed by atoms with Crippen LogP contribution in [0.1, 0.15) is 38.6 Å². The number of aliphatic carboxylic acids is 1. The summed E-state index contributed by atoms with van der Waals surface area (Å²) < 4.78 is 30.2. The van der Waals surface area contributed by atoms with Crippen molar-refractivity contribution in [1.29, 1.82) is 0 Å². The van der Waals surface area contributed by atoms with E-state index in [0.717, 1.165) is 4.31 Å². The number of hydrogen-bond acceptors (Lipinski definition) is 5. The van der Waals surface area contributed by atoms with Gasteiger partial charge in [0.25, 0.3) is 0 Å². The van der Waals surface area contributed by atoms with Crippen molar-refractivity contribution in [2.75, 3.05) is 13.6 Å². The fraction of sp³-hybridized carbons (Fsp3) is 0.667. The lowest BCUT2D eigenvalue weighted by molar-refractivity contribution is -0.137. The normalized spacial score (nSPS) is 12.8. The molecule has 8 heteroatoms. The molecular weight excluding hydrogens is 284 g/mol. The Morgan fingerprint density at radius 1 is 1.45 bits per heavy atom. The molecule has 1 aromatic rings. The minimum absolute atomic E-state index is 0.0678. The number of hydrogen-bond donors (Lipinski definition) is 1. The minimum Gasteiger partial charge on any atom is -0.481 e. The van der Waals surface area contributed by atoms with E-state index < -0.39 is 16.0 Å². The summed E-state index contributed by atoms with van der Waals surface area (Å²) in [5.74, 6) is -0.734. The number of rotatable bonds is 6. The highest BCUT2D eigenvalue weighted by molar-refractivity contribution is 7.88. The van der Waals surface area contributed by atoms with E-state index in [1.165, 1.54) is 7.05 Å². The molecule has 7 nitrogen and oxygen atoms in total. The second kappa shape index (κ2) is 5.92. The number of sulfonamides is 1. The molecule has 1 aromatic heterocycles. The van der Waals surface area contributed by atoms with Crippen molar-refractivity contribution in [3.8, 4) is 0 Å². The summed E-state index contributed by atoms with van der Waals surface area (Å²) in [6.45, 7) is 5.74.